The van der Waals surface area contributed by atoms with Crippen LogP contribution in [0.1, 0.15) is 11.3 Å². The van der Waals surface area contributed by atoms with Crippen molar-refractivity contribution in [1.29, 1.82) is 0 Å². The third kappa shape index (κ3) is 4.29. The molecule has 0 radical (unpaired) electrons. The zero-order valence-corrected chi connectivity index (χ0v) is 19.4. The van der Waals surface area contributed by atoms with Gasteiger partial charge >= 0.3 is 0 Å². The fourth-order valence-corrected chi connectivity index (χ4v) is 4.81. The van der Waals surface area contributed by atoms with Gasteiger partial charge in [-0.1, -0.05) is 60.3 Å². The fraction of sp³-hybridized carbons (Fsp3) is 0.0357. The summed E-state index contributed by atoms with van der Waals surface area (Å²) in [7, 11) is 0. The molecule has 0 saturated heterocycles. The minimum absolute atomic E-state index is 0.228. The maximum Gasteiger partial charge on any atom is 0.284 e. The molecule has 1 aliphatic heterocycles. The minimum Gasteiger partial charge on any atom is -0.469 e. The van der Waals surface area contributed by atoms with Gasteiger partial charge in [-0.05, 0) is 48.5 Å². The van der Waals surface area contributed by atoms with Crippen LogP contribution in [0.5, 0.6) is 0 Å². The molecule has 0 fully saturated rings. The molecule has 0 unspecified atom stereocenters. The van der Waals surface area contributed by atoms with E-state index in [-0.39, 0.29) is 5.91 Å². The van der Waals surface area contributed by atoms with E-state index in [4.69, 9.17) is 9.40 Å². The van der Waals surface area contributed by atoms with Crippen LogP contribution in [-0.4, -0.2) is 21.7 Å². The Kier molecular flexibility index (Phi) is 5.52. The van der Waals surface area contributed by atoms with Crippen molar-refractivity contribution in [2.75, 3.05) is 4.90 Å². The SMILES string of the molecule is O=C1C(=CCc2ccco2)N=C(c2ccccc2)N1c1nc2ccc(Sc3ccccc3)cc2[nH]1. The van der Waals surface area contributed by atoms with Crippen molar-refractivity contribution in [3.8, 4) is 0 Å². The van der Waals surface area contributed by atoms with Crippen LogP contribution in [0.25, 0.3) is 11.0 Å². The summed E-state index contributed by atoms with van der Waals surface area (Å²) >= 11 is 1.68. The van der Waals surface area contributed by atoms with E-state index in [9.17, 15) is 4.79 Å². The summed E-state index contributed by atoms with van der Waals surface area (Å²) in [6, 6.07) is 29.6. The number of aromatic amines is 1. The summed E-state index contributed by atoms with van der Waals surface area (Å²) in [5, 5.41) is 0. The lowest BCUT2D eigenvalue weighted by atomic mass is 10.2. The molecular weight excluding hydrogens is 456 g/mol. The zero-order valence-electron chi connectivity index (χ0n) is 18.6. The molecule has 6 rings (SSSR count). The molecule has 3 aromatic carbocycles. The van der Waals surface area contributed by atoms with E-state index < -0.39 is 0 Å². The monoisotopic (exact) mass is 476 g/mol. The predicted octanol–water partition coefficient (Wildman–Crippen LogP) is 6.23. The van der Waals surface area contributed by atoms with Crippen molar-refractivity contribution >= 4 is 40.5 Å². The highest BCUT2D eigenvalue weighted by Crippen LogP contribution is 2.32. The summed E-state index contributed by atoms with van der Waals surface area (Å²) in [5.41, 5.74) is 2.84. The number of carbonyl (C=O) groups excluding carboxylic acids is 1. The molecule has 3 heterocycles. The lowest BCUT2D eigenvalue weighted by molar-refractivity contribution is -0.114. The van der Waals surface area contributed by atoms with Gasteiger partial charge in [-0.2, -0.15) is 0 Å². The van der Waals surface area contributed by atoms with Crippen LogP contribution in [0.15, 0.2) is 128 Å². The first-order valence-electron chi connectivity index (χ1n) is 11.2. The number of H-pyrrole nitrogens is 1. The summed E-state index contributed by atoms with van der Waals surface area (Å²) in [6.07, 6.45) is 3.89. The summed E-state index contributed by atoms with van der Waals surface area (Å²) in [5.74, 6) is 1.52. The Morgan fingerprint density at radius 1 is 0.914 bits per heavy atom. The number of furan rings is 1. The molecule has 5 aromatic rings. The smallest absolute Gasteiger partial charge is 0.284 e. The standard InChI is InChI=1S/C28H20N4O2S/c33-27-24(15-13-20-10-7-17-34-20)29-26(19-8-3-1-4-9-19)32(27)28-30-23-16-14-22(18-25(23)31-28)35-21-11-5-2-6-12-21/h1-12,14-18H,13H2,(H,30,31). The average molecular weight is 477 g/mol. The number of hydrogen-bond acceptors (Lipinski definition) is 5. The Bertz CT molecular complexity index is 1550. The molecule has 0 atom stereocenters. The Hall–Kier alpha value is -4.36. The van der Waals surface area contributed by atoms with Gasteiger partial charge < -0.3 is 9.40 Å². The molecule has 170 valence electrons. The number of nitrogens with one attached hydrogen (secondary N) is 1. The van der Waals surface area contributed by atoms with Crippen molar-refractivity contribution in [2.45, 2.75) is 16.2 Å². The number of amidine groups is 1. The van der Waals surface area contributed by atoms with E-state index in [0.29, 0.717) is 23.9 Å². The maximum atomic E-state index is 13.5. The van der Waals surface area contributed by atoms with Crippen LogP contribution in [0.2, 0.25) is 0 Å². The van der Waals surface area contributed by atoms with E-state index in [1.54, 1.807) is 29.0 Å². The number of amides is 1. The first-order valence-corrected chi connectivity index (χ1v) is 12.0. The second kappa shape index (κ2) is 9.12. The number of rotatable bonds is 6. The summed E-state index contributed by atoms with van der Waals surface area (Å²) in [4.78, 5) is 30.0. The predicted molar refractivity (Wildman–Crippen MR) is 138 cm³/mol. The zero-order chi connectivity index (χ0) is 23.6. The van der Waals surface area contributed by atoms with E-state index >= 15 is 0 Å². The van der Waals surface area contributed by atoms with Crippen LogP contribution in [0.3, 0.4) is 0 Å². The first kappa shape index (κ1) is 21.2. The summed E-state index contributed by atoms with van der Waals surface area (Å²) < 4.78 is 5.41. The molecule has 7 heteroatoms. The van der Waals surface area contributed by atoms with Gasteiger partial charge in [0.1, 0.15) is 11.5 Å². The van der Waals surface area contributed by atoms with Crippen LogP contribution in [0.4, 0.5) is 5.95 Å². The molecular formula is C28H20N4O2S. The molecule has 0 spiro atoms. The van der Waals surface area contributed by atoms with Gasteiger partial charge in [-0.25, -0.2) is 14.9 Å². The number of carbonyl (C=O) groups is 1. The van der Waals surface area contributed by atoms with Crippen LogP contribution < -0.4 is 4.90 Å². The van der Waals surface area contributed by atoms with Crippen LogP contribution in [0, 0.1) is 0 Å². The Morgan fingerprint density at radius 2 is 1.71 bits per heavy atom. The van der Waals surface area contributed by atoms with E-state index in [1.807, 2.05) is 72.8 Å². The molecule has 1 amide bonds. The first-order chi connectivity index (χ1) is 17.2. The maximum absolute atomic E-state index is 13.5. The van der Waals surface area contributed by atoms with E-state index in [2.05, 4.69) is 28.2 Å². The number of fused-ring (bicyclic) bond motifs is 1. The van der Waals surface area contributed by atoms with Gasteiger partial charge in [-0.15, -0.1) is 0 Å². The van der Waals surface area contributed by atoms with Gasteiger partial charge in [-0.3, -0.25) is 4.79 Å². The van der Waals surface area contributed by atoms with Gasteiger partial charge in [0.25, 0.3) is 5.91 Å². The number of allylic oxidation sites excluding steroid dienone is 1. The highest BCUT2D eigenvalue weighted by Gasteiger charge is 2.34. The van der Waals surface area contributed by atoms with Gasteiger partial charge in [0.2, 0.25) is 5.95 Å². The molecule has 1 aliphatic rings. The highest BCUT2D eigenvalue weighted by atomic mass is 32.2. The third-order valence-corrected chi connectivity index (χ3v) is 6.60. The lowest BCUT2D eigenvalue weighted by Gasteiger charge is -2.15. The minimum atomic E-state index is -0.228. The number of aliphatic imine (C=N–C) groups is 1. The van der Waals surface area contributed by atoms with Crippen molar-refractivity contribution in [2.24, 2.45) is 4.99 Å². The topological polar surface area (TPSA) is 74.5 Å². The summed E-state index contributed by atoms with van der Waals surface area (Å²) in [6.45, 7) is 0. The van der Waals surface area contributed by atoms with E-state index in [1.165, 1.54) is 0 Å². The molecule has 2 aromatic heterocycles. The van der Waals surface area contributed by atoms with Gasteiger partial charge in [0.15, 0.2) is 5.84 Å². The van der Waals surface area contributed by atoms with Crippen molar-refractivity contribution in [3.05, 3.63) is 120 Å². The van der Waals surface area contributed by atoms with Gasteiger partial charge in [0.05, 0.1) is 17.3 Å². The highest BCUT2D eigenvalue weighted by molar-refractivity contribution is 7.99. The van der Waals surface area contributed by atoms with Crippen LogP contribution >= 0.6 is 11.8 Å². The Morgan fingerprint density at radius 3 is 2.49 bits per heavy atom. The second-order valence-electron chi connectivity index (χ2n) is 7.97. The third-order valence-electron chi connectivity index (χ3n) is 5.60. The lowest BCUT2D eigenvalue weighted by Crippen LogP contribution is -2.33. The quantitative estimate of drug-likeness (QED) is 0.295. The normalized spacial score (nSPS) is 14.7. The average Bonchev–Trinajstić information content (AvgIpc) is 3.62. The molecule has 0 bridgehead atoms. The number of aromatic nitrogens is 2. The number of hydrogen-bond donors (Lipinski definition) is 1. The molecule has 0 saturated carbocycles. The second-order valence-corrected chi connectivity index (χ2v) is 9.12. The molecule has 1 N–H and O–H groups in total. The number of nitrogens with zero attached hydrogens (tertiary/aromatic N) is 3. The van der Waals surface area contributed by atoms with Crippen molar-refractivity contribution in [1.82, 2.24) is 9.97 Å². The van der Waals surface area contributed by atoms with Gasteiger partial charge in [0, 0.05) is 21.8 Å². The Labute approximate surface area is 206 Å². The van der Waals surface area contributed by atoms with E-state index in [0.717, 1.165) is 32.1 Å². The fourth-order valence-electron chi connectivity index (χ4n) is 3.93. The number of benzene rings is 3. The van der Waals surface area contributed by atoms with Crippen molar-refractivity contribution < 1.29 is 9.21 Å². The largest absolute Gasteiger partial charge is 0.469 e. The Balaban J connectivity index is 1.36. The number of anilines is 1. The van der Waals surface area contributed by atoms with Crippen molar-refractivity contribution in [3.63, 3.8) is 0 Å². The number of imidazole rings is 1. The molecule has 0 aliphatic carbocycles. The van der Waals surface area contributed by atoms with Crippen LogP contribution in [-0.2, 0) is 11.2 Å². The molecule has 6 nitrogen and oxygen atoms in total. The molecule has 35 heavy (non-hydrogen) atoms.